The molecule has 0 unspecified atom stereocenters. The highest BCUT2D eigenvalue weighted by molar-refractivity contribution is 6.17. The van der Waals surface area contributed by atoms with Crippen LogP contribution in [-0.4, -0.2) is 12.5 Å². The lowest BCUT2D eigenvalue weighted by atomic mass is 9.99. The van der Waals surface area contributed by atoms with Gasteiger partial charge in [-0.25, -0.2) is 0 Å². The zero-order chi connectivity index (χ0) is 20.8. The molecule has 0 spiro atoms. The van der Waals surface area contributed by atoms with Gasteiger partial charge in [0, 0.05) is 5.88 Å². The van der Waals surface area contributed by atoms with Crippen molar-refractivity contribution in [2.24, 2.45) is 5.92 Å². The van der Waals surface area contributed by atoms with Crippen molar-refractivity contribution in [1.82, 2.24) is 0 Å². The minimum Gasteiger partial charge on any atom is -0.493 e. The Morgan fingerprint density at radius 3 is 2.25 bits per heavy atom. The van der Waals surface area contributed by atoms with Gasteiger partial charge in [-0.2, -0.15) is 0 Å². The number of hydrogen-bond donors (Lipinski definition) is 0. The Hall–Kier alpha value is -1.67. The third kappa shape index (κ3) is 9.50. The fourth-order valence-corrected chi connectivity index (χ4v) is 2.99. The van der Waals surface area contributed by atoms with Gasteiger partial charge >= 0.3 is 0 Å². The zero-order valence-corrected chi connectivity index (χ0v) is 19.0. The van der Waals surface area contributed by atoms with E-state index in [1.165, 1.54) is 17.5 Å². The van der Waals surface area contributed by atoms with Crippen LogP contribution in [-0.2, 0) is 13.0 Å². The first-order valence-corrected chi connectivity index (χ1v) is 11.0. The van der Waals surface area contributed by atoms with E-state index in [1.807, 2.05) is 18.2 Å². The highest BCUT2D eigenvalue weighted by Crippen LogP contribution is 2.31. The van der Waals surface area contributed by atoms with E-state index in [2.05, 4.69) is 58.9 Å². The monoisotopic (exact) mass is 404 g/mol. The summed E-state index contributed by atoms with van der Waals surface area (Å²) in [5.41, 5.74) is 3.53. The third-order valence-corrected chi connectivity index (χ3v) is 4.24. The first-order valence-electron chi connectivity index (χ1n) is 10.5. The molecular formula is C25H37ClO2. The molecule has 0 bridgehead atoms. The minimum absolute atomic E-state index is 0.564. The van der Waals surface area contributed by atoms with Crippen LogP contribution in [0.1, 0.15) is 63.6 Å². The predicted molar refractivity (Wildman–Crippen MR) is 122 cm³/mol. The van der Waals surface area contributed by atoms with E-state index in [0.29, 0.717) is 25.0 Å². The summed E-state index contributed by atoms with van der Waals surface area (Å²) in [5.74, 6) is 3.17. The molecule has 2 rings (SSSR count). The quantitative estimate of drug-likeness (QED) is 0.300. The Morgan fingerprint density at radius 1 is 0.964 bits per heavy atom. The molecule has 0 amide bonds. The summed E-state index contributed by atoms with van der Waals surface area (Å²) in [6.07, 6.45) is 4.20. The average Bonchev–Trinajstić information content (AvgIpc) is 2.66. The van der Waals surface area contributed by atoms with Gasteiger partial charge in [0.15, 0.2) is 0 Å². The molecule has 0 aliphatic heterocycles. The van der Waals surface area contributed by atoms with Crippen molar-refractivity contribution in [3.05, 3.63) is 59.2 Å². The number of halogens is 1. The third-order valence-electron chi connectivity index (χ3n) is 3.98. The summed E-state index contributed by atoms with van der Waals surface area (Å²) in [5, 5.41) is 0. The molecule has 2 nitrogen and oxygen atoms in total. The van der Waals surface area contributed by atoms with Gasteiger partial charge in [0.2, 0.25) is 0 Å². The Labute approximate surface area is 177 Å². The van der Waals surface area contributed by atoms with Gasteiger partial charge in [-0.1, -0.05) is 64.4 Å². The molecule has 28 heavy (non-hydrogen) atoms. The number of hydrogen-bond acceptors (Lipinski definition) is 2. The molecule has 0 N–H and O–H groups in total. The maximum absolute atomic E-state index is 6.07. The van der Waals surface area contributed by atoms with E-state index >= 15 is 0 Å². The summed E-state index contributed by atoms with van der Waals surface area (Å²) < 4.78 is 12.1. The van der Waals surface area contributed by atoms with Crippen molar-refractivity contribution >= 4 is 11.6 Å². The van der Waals surface area contributed by atoms with E-state index in [1.54, 1.807) is 0 Å². The molecule has 0 heterocycles. The molecule has 0 saturated heterocycles. The van der Waals surface area contributed by atoms with Gasteiger partial charge in [0.1, 0.15) is 18.1 Å². The van der Waals surface area contributed by atoms with Gasteiger partial charge in [-0.15, -0.1) is 11.6 Å². The Bertz CT molecular complexity index is 653. The van der Waals surface area contributed by atoms with Crippen LogP contribution in [0, 0.1) is 12.8 Å². The normalized spacial score (nSPS) is 10.4. The number of alkyl halides is 1. The second-order valence-electron chi connectivity index (χ2n) is 7.55. The standard InChI is InChI=1S/C22H29ClO2.C3H8/c1-17(2)13-20-15-21(25-16-19-9-5-4-6-10-19)14-18(3)22(20)24-12-8-7-11-23;1-3-2/h4-6,9-10,14-15,17H,7-8,11-13,16H2,1-3H3;3H2,1-2H3. The lowest BCUT2D eigenvalue weighted by Crippen LogP contribution is -2.06. The fourth-order valence-electron chi connectivity index (χ4n) is 2.80. The average molecular weight is 405 g/mol. The summed E-state index contributed by atoms with van der Waals surface area (Å²) >= 11 is 5.75. The fraction of sp³-hybridized carbons (Fsp3) is 0.520. The second kappa shape index (κ2) is 14.3. The predicted octanol–water partition coefficient (Wildman–Crippen LogP) is 7.59. The van der Waals surface area contributed by atoms with Gasteiger partial charge in [-0.3, -0.25) is 0 Å². The van der Waals surface area contributed by atoms with Gasteiger partial charge < -0.3 is 9.47 Å². The first kappa shape index (κ1) is 24.4. The molecule has 2 aromatic rings. The molecule has 0 saturated carbocycles. The number of unbranched alkanes of at least 4 members (excludes halogenated alkanes) is 1. The highest BCUT2D eigenvalue weighted by Gasteiger charge is 2.12. The van der Waals surface area contributed by atoms with Crippen LogP contribution in [0.3, 0.4) is 0 Å². The van der Waals surface area contributed by atoms with Crippen LogP contribution in [0.5, 0.6) is 11.5 Å². The maximum Gasteiger partial charge on any atom is 0.125 e. The molecule has 0 radical (unpaired) electrons. The summed E-state index contributed by atoms with van der Waals surface area (Å²) in [6.45, 7) is 12.1. The molecule has 2 aromatic carbocycles. The van der Waals surface area contributed by atoms with Crippen molar-refractivity contribution < 1.29 is 9.47 Å². The van der Waals surface area contributed by atoms with Crippen molar-refractivity contribution in [2.45, 2.75) is 66.9 Å². The summed E-state index contributed by atoms with van der Waals surface area (Å²) in [4.78, 5) is 0. The highest BCUT2D eigenvalue weighted by atomic mass is 35.5. The van der Waals surface area contributed by atoms with Crippen LogP contribution in [0.25, 0.3) is 0 Å². The second-order valence-corrected chi connectivity index (χ2v) is 7.93. The van der Waals surface area contributed by atoms with Crippen LogP contribution >= 0.6 is 11.6 Å². The molecule has 3 heteroatoms. The van der Waals surface area contributed by atoms with E-state index < -0.39 is 0 Å². The molecule has 0 aliphatic carbocycles. The van der Waals surface area contributed by atoms with Crippen LogP contribution in [0.15, 0.2) is 42.5 Å². The lowest BCUT2D eigenvalue weighted by molar-refractivity contribution is 0.294. The van der Waals surface area contributed by atoms with Crippen LogP contribution < -0.4 is 9.47 Å². The van der Waals surface area contributed by atoms with Crippen molar-refractivity contribution in [3.63, 3.8) is 0 Å². The van der Waals surface area contributed by atoms with Gasteiger partial charge in [0.05, 0.1) is 6.61 Å². The number of ether oxygens (including phenoxy) is 2. The Balaban J connectivity index is 0.00000122. The van der Waals surface area contributed by atoms with Crippen molar-refractivity contribution in [2.75, 3.05) is 12.5 Å². The summed E-state index contributed by atoms with van der Waals surface area (Å²) in [7, 11) is 0. The zero-order valence-electron chi connectivity index (χ0n) is 18.3. The topological polar surface area (TPSA) is 18.5 Å². The van der Waals surface area contributed by atoms with Crippen molar-refractivity contribution in [1.29, 1.82) is 0 Å². The van der Waals surface area contributed by atoms with E-state index in [0.717, 1.165) is 36.3 Å². The molecule has 156 valence electrons. The molecular weight excluding hydrogens is 368 g/mol. The smallest absolute Gasteiger partial charge is 0.125 e. The Morgan fingerprint density at radius 2 is 1.64 bits per heavy atom. The SMILES string of the molecule is CCC.Cc1cc(OCc2ccccc2)cc(CC(C)C)c1OCCCCCl. The molecule has 0 aromatic heterocycles. The van der Waals surface area contributed by atoms with E-state index in [4.69, 9.17) is 21.1 Å². The number of rotatable bonds is 10. The van der Waals surface area contributed by atoms with Crippen molar-refractivity contribution in [3.8, 4) is 11.5 Å². The number of aryl methyl sites for hydroxylation is 1. The minimum atomic E-state index is 0.564. The van der Waals surface area contributed by atoms with Gasteiger partial charge in [-0.05, 0) is 60.9 Å². The Kier molecular flexibility index (Phi) is 12.5. The van der Waals surface area contributed by atoms with Gasteiger partial charge in [0.25, 0.3) is 0 Å². The first-order chi connectivity index (χ1) is 13.5. The lowest BCUT2D eigenvalue weighted by Gasteiger charge is -2.18. The summed E-state index contributed by atoms with van der Waals surface area (Å²) in [6, 6.07) is 14.4. The van der Waals surface area contributed by atoms with E-state index in [9.17, 15) is 0 Å². The van der Waals surface area contributed by atoms with E-state index in [-0.39, 0.29) is 0 Å². The number of benzene rings is 2. The molecule has 0 atom stereocenters. The van der Waals surface area contributed by atoms with Crippen LogP contribution in [0.2, 0.25) is 0 Å². The maximum atomic E-state index is 6.07. The molecule has 0 aliphatic rings. The molecule has 0 fully saturated rings. The van der Waals surface area contributed by atoms with Crippen LogP contribution in [0.4, 0.5) is 0 Å². The largest absolute Gasteiger partial charge is 0.493 e.